The maximum absolute atomic E-state index is 11.0. The van der Waals surface area contributed by atoms with Gasteiger partial charge in [-0.1, -0.05) is 6.07 Å². The predicted molar refractivity (Wildman–Crippen MR) is 102 cm³/mol. The van der Waals surface area contributed by atoms with E-state index in [9.17, 15) is 4.79 Å². The van der Waals surface area contributed by atoms with E-state index in [1.165, 1.54) is 4.90 Å². The van der Waals surface area contributed by atoms with E-state index in [4.69, 9.17) is 5.11 Å². The van der Waals surface area contributed by atoms with Gasteiger partial charge < -0.3 is 19.7 Å². The van der Waals surface area contributed by atoms with Gasteiger partial charge in [-0.05, 0) is 52.4 Å². The molecule has 1 aliphatic rings. The fourth-order valence-electron chi connectivity index (χ4n) is 3.35. The minimum Gasteiger partial charge on any atom is -0.465 e. The van der Waals surface area contributed by atoms with Gasteiger partial charge in [-0.2, -0.15) is 0 Å². The van der Waals surface area contributed by atoms with E-state index in [2.05, 4.69) is 37.3 Å². The SMILES string of the molecule is O=C(O)N1CCC(c2ccc(Nc3cc(Br)cn4ccnc34)nc2)CC1. The van der Waals surface area contributed by atoms with Crippen molar-refractivity contribution in [2.24, 2.45) is 0 Å². The summed E-state index contributed by atoms with van der Waals surface area (Å²) >= 11 is 3.51. The van der Waals surface area contributed by atoms with Gasteiger partial charge in [-0.15, -0.1) is 0 Å². The minimum atomic E-state index is -0.833. The second-order valence-corrected chi connectivity index (χ2v) is 7.29. The van der Waals surface area contributed by atoms with Crippen molar-refractivity contribution < 1.29 is 9.90 Å². The van der Waals surface area contributed by atoms with Gasteiger partial charge in [0.25, 0.3) is 0 Å². The second kappa shape index (κ2) is 6.95. The average Bonchev–Trinajstić information content (AvgIpc) is 3.11. The minimum absolute atomic E-state index is 0.358. The summed E-state index contributed by atoms with van der Waals surface area (Å²) in [6.07, 6.45) is 8.32. The van der Waals surface area contributed by atoms with Crippen LogP contribution >= 0.6 is 15.9 Å². The van der Waals surface area contributed by atoms with Crippen LogP contribution < -0.4 is 5.32 Å². The number of imidazole rings is 1. The Balaban J connectivity index is 1.48. The summed E-state index contributed by atoms with van der Waals surface area (Å²) < 4.78 is 2.89. The second-order valence-electron chi connectivity index (χ2n) is 6.38. The maximum Gasteiger partial charge on any atom is 0.407 e. The lowest BCUT2D eigenvalue weighted by Crippen LogP contribution is -2.36. The molecule has 1 fully saturated rings. The van der Waals surface area contributed by atoms with Gasteiger partial charge >= 0.3 is 6.09 Å². The number of amides is 1. The average molecular weight is 416 g/mol. The summed E-state index contributed by atoms with van der Waals surface area (Å²) in [4.78, 5) is 21.4. The van der Waals surface area contributed by atoms with Crippen molar-refractivity contribution in [1.29, 1.82) is 0 Å². The molecule has 0 aromatic carbocycles. The Labute approximate surface area is 158 Å². The molecular formula is C18H18BrN5O2. The highest BCUT2D eigenvalue weighted by Gasteiger charge is 2.23. The number of likely N-dealkylation sites (tertiary alicyclic amines) is 1. The standard InChI is InChI=1S/C18H18BrN5O2/c19-14-9-15(17-20-5-8-24(17)11-14)22-16-2-1-13(10-21-16)12-3-6-23(7-4-12)18(25)26/h1-2,5,8-12H,3-4,6-7H2,(H,21,22)(H,25,26). The zero-order valence-electron chi connectivity index (χ0n) is 14.0. The van der Waals surface area contributed by atoms with E-state index < -0.39 is 6.09 Å². The number of carboxylic acid groups (broad SMARTS) is 1. The Bertz CT molecular complexity index is 932. The monoisotopic (exact) mass is 415 g/mol. The third-order valence-electron chi connectivity index (χ3n) is 4.74. The fourth-order valence-corrected chi connectivity index (χ4v) is 3.80. The number of rotatable bonds is 3. The predicted octanol–water partition coefficient (Wildman–Crippen LogP) is 4.09. The number of carbonyl (C=O) groups is 1. The van der Waals surface area contributed by atoms with Crippen LogP contribution in [-0.2, 0) is 0 Å². The van der Waals surface area contributed by atoms with Gasteiger partial charge in [0, 0.05) is 42.3 Å². The number of pyridine rings is 2. The van der Waals surface area contributed by atoms with E-state index in [-0.39, 0.29) is 0 Å². The first-order valence-electron chi connectivity index (χ1n) is 8.43. The summed E-state index contributed by atoms with van der Waals surface area (Å²) in [5.74, 6) is 1.11. The largest absolute Gasteiger partial charge is 0.465 e. The number of nitrogens with one attached hydrogen (secondary N) is 1. The first kappa shape index (κ1) is 16.8. The smallest absolute Gasteiger partial charge is 0.407 e. The zero-order chi connectivity index (χ0) is 18.1. The molecular weight excluding hydrogens is 398 g/mol. The first-order valence-corrected chi connectivity index (χ1v) is 9.22. The van der Waals surface area contributed by atoms with E-state index in [1.807, 2.05) is 35.1 Å². The molecule has 1 saturated heterocycles. The Morgan fingerprint density at radius 2 is 2.08 bits per heavy atom. The van der Waals surface area contributed by atoms with Crippen molar-refractivity contribution in [3.8, 4) is 0 Å². The van der Waals surface area contributed by atoms with Crippen molar-refractivity contribution in [3.05, 3.63) is 53.0 Å². The summed E-state index contributed by atoms with van der Waals surface area (Å²) in [6, 6.07) is 6.00. The van der Waals surface area contributed by atoms with Gasteiger partial charge in [0.1, 0.15) is 5.82 Å². The first-order chi connectivity index (χ1) is 12.6. The van der Waals surface area contributed by atoms with Crippen molar-refractivity contribution >= 4 is 39.2 Å². The molecule has 134 valence electrons. The van der Waals surface area contributed by atoms with E-state index in [1.54, 1.807) is 6.20 Å². The summed E-state index contributed by atoms with van der Waals surface area (Å²) in [6.45, 7) is 1.16. The molecule has 7 nitrogen and oxygen atoms in total. The molecule has 3 aromatic rings. The molecule has 2 N–H and O–H groups in total. The number of fused-ring (bicyclic) bond motifs is 1. The van der Waals surface area contributed by atoms with Crippen molar-refractivity contribution in [2.45, 2.75) is 18.8 Å². The Hall–Kier alpha value is -2.61. The molecule has 1 aliphatic heterocycles. The molecule has 0 atom stereocenters. The molecule has 0 spiro atoms. The normalized spacial score (nSPS) is 15.3. The number of anilines is 2. The van der Waals surface area contributed by atoms with Crippen LogP contribution in [0.2, 0.25) is 0 Å². The van der Waals surface area contributed by atoms with Crippen LogP contribution in [0.3, 0.4) is 0 Å². The molecule has 1 amide bonds. The number of aromatic nitrogens is 3. The lowest BCUT2D eigenvalue weighted by atomic mass is 9.91. The van der Waals surface area contributed by atoms with Crippen LogP contribution in [0.5, 0.6) is 0 Å². The highest BCUT2D eigenvalue weighted by atomic mass is 79.9. The van der Waals surface area contributed by atoms with Crippen LogP contribution in [0.4, 0.5) is 16.3 Å². The van der Waals surface area contributed by atoms with Crippen LogP contribution in [0.1, 0.15) is 24.3 Å². The third-order valence-corrected chi connectivity index (χ3v) is 5.17. The lowest BCUT2D eigenvalue weighted by Gasteiger charge is -2.30. The lowest BCUT2D eigenvalue weighted by molar-refractivity contribution is 0.132. The molecule has 0 aliphatic carbocycles. The highest BCUT2D eigenvalue weighted by molar-refractivity contribution is 9.10. The molecule has 0 unspecified atom stereocenters. The molecule has 3 aromatic heterocycles. The molecule has 8 heteroatoms. The number of piperidine rings is 1. The number of nitrogens with zero attached hydrogens (tertiary/aromatic N) is 4. The van der Waals surface area contributed by atoms with Crippen LogP contribution in [0, 0.1) is 0 Å². The van der Waals surface area contributed by atoms with E-state index in [0.717, 1.165) is 40.0 Å². The maximum atomic E-state index is 11.0. The summed E-state index contributed by atoms with van der Waals surface area (Å²) in [5.41, 5.74) is 2.86. The Morgan fingerprint density at radius 3 is 2.77 bits per heavy atom. The molecule has 0 bridgehead atoms. The van der Waals surface area contributed by atoms with Gasteiger partial charge in [-0.25, -0.2) is 14.8 Å². The van der Waals surface area contributed by atoms with Gasteiger partial charge in [-0.3, -0.25) is 0 Å². The quantitative estimate of drug-likeness (QED) is 0.672. The third kappa shape index (κ3) is 3.37. The zero-order valence-corrected chi connectivity index (χ0v) is 15.6. The van der Waals surface area contributed by atoms with Gasteiger partial charge in [0.15, 0.2) is 5.65 Å². The highest BCUT2D eigenvalue weighted by Crippen LogP contribution is 2.29. The van der Waals surface area contributed by atoms with E-state index in [0.29, 0.717) is 19.0 Å². The van der Waals surface area contributed by atoms with Gasteiger partial charge in [0.05, 0.1) is 5.69 Å². The van der Waals surface area contributed by atoms with Crippen molar-refractivity contribution in [2.75, 3.05) is 18.4 Å². The fraction of sp³-hybridized carbons (Fsp3) is 0.278. The Kier molecular flexibility index (Phi) is 4.50. The molecule has 0 saturated carbocycles. The summed E-state index contributed by atoms with van der Waals surface area (Å²) in [5, 5.41) is 12.4. The van der Waals surface area contributed by atoms with Crippen molar-refractivity contribution in [3.63, 3.8) is 0 Å². The summed E-state index contributed by atoms with van der Waals surface area (Å²) in [7, 11) is 0. The van der Waals surface area contributed by atoms with Gasteiger partial charge in [0.2, 0.25) is 0 Å². The molecule has 0 radical (unpaired) electrons. The number of halogens is 1. The molecule has 4 heterocycles. The Morgan fingerprint density at radius 1 is 1.27 bits per heavy atom. The van der Waals surface area contributed by atoms with E-state index >= 15 is 0 Å². The van der Waals surface area contributed by atoms with Crippen molar-refractivity contribution in [1.82, 2.24) is 19.3 Å². The van der Waals surface area contributed by atoms with Crippen LogP contribution in [0.15, 0.2) is 47.5 Å². The number of hydrogen-bond donors (Lipinski definition) is 2. The van der Waals surface area contributed by atoms with Crippen LogP contribution in [-0.4, -0.2) is 43.6 Å². The van der Waals surface area contributed by atoms with Crippen LogP contribution in [0.25, 0.3) is 5.65 Å². The topological polar surface area (TPSA) is 82.8 Å². The molecule has 26 heavy (non-hydrogen) atoms. The molecule has 4 rings (SSSR count). The number of hydrogen-bond acceptors (Lipinski definition) is 4.